The molecule has 1 aromatic heterocycles. The number of carbonyl (C=O) groups excluding carboxylic acids is 1. The Balaban J connectivity index is 1.84. The summed E-state index contributed by atoms with van der Waals surface area (Å²) in [5, 5.41) is 3.81. The van der Waals surface area contributed by atoms with Gasteiger partial charge in [-0.15, -0.1) is 0 Å². The van der Waals surface area contributed by atoms with Crippen LogP contribution in [0.15, 0.2) is 65.9 Å². The van der Waals surface area contributed by atoms with Crippen LogP contribution in [-0.4, -0.2) is 17.1 Å². The standard InChI is InChI=1S/C15H13N3O/c19-15(14-10-4-5-11-16-14)18-17-12-6-9-13-7-2-1-3-8-13/h1-12H,(H,18,19)/b9-6+,17-12+. The van der Waals surface area contributed by atoms with Gasteiger partial charge < -0.3 is 0 Å². The monoisotopic (exact) mass is 251 g/mol. The van der Waals surface area contributed by atoms with Gasteiger partial charge >= 0.3 is 0 Å². The zero-order valence-corrected chi connectivity index (χ0v) is 10.2. The summed E-state index contributed by atoms with van der Waals surface area (Å²) in [6.07, 6.45) is 6.74. The summed E-state index contributed by atoms with van der Waals surface area (Å²) >= 11 is 0. The lowest BCUT2D eigenvalue weighted by Gasteiger charge is -1.96. The molecule has 0 radical (unpaired) electrons. The van der Waals surface area contributed by atoms with E-state index >= 15 is 0 Å². The molecule has 19 heavy (non-hydrogen) atoms. The zero-order chi connectivity index (χ0) is 13.3. The summed E-state index contributed by atoms with van der Waals surface area (Å²) in [6, 6.07) is 15.0. The van der Waals surface area contributed by atoms with Gasteiger partial charge in [-0.2, -0.15) is 5.10 Å². The molecule has 0 saturated heterocycles. The molecule has 0 aliphatic rings. The van der Waals surface area contributed by atoms with Gasteiger partial charge in [-0.25, -0.2) is 5.43 Å². The number of hydrazone groups is 1. The number of nitrogens with one attached hydrogen (secondary N) is 1. The molecule has 2 rings (SSSR count). The van der Waals surface area contributed by atoms with E-state index in [9.17, 15) is 4.79 Å². The largest absolute Gasteiger partial charge is 0.289 e. The van der Waals surface area contributed by atoms with Crippen molar-refractivity contribution < 1.29 is 4.79 Å². The maximum absolute atomic E-state index is 11.6. The fourth-order valence-corrected chi connectivity index (χ4v) is 1.41. The third-order valence-corrected chi connectivity index (χ3v) is 2.31. The third-order valence-electron chi connectivity index (χ3n) is 2.31. The molecule has 1 amide bonds. The second-order valence-electron chi connectivity index (χ2n) is 3.70. The maximum Gasteiger partial charge on any atom is 0.289 e. The summed E-state index contributed by atoms with van der Waals surface area (Å²) in [7, 11) is 0. The van der Waals surface area contributed by atoms with Crippen molar-refractivity contribution >= 4 is 18.2 Å². The minimum atomic E-state index is -0.329. The lowest BCUT2D eigenvalue weighted by atomic mass is 10.2. The number of hydrogen-bond acceptors (Lipinski definition) is 3. The second-order valence-corrected chi connectivity index (χ2v) is 3.70. The van der Waals surface area contributed by atoms with Crippen molar-refractivity contribution in [1.82, 2.24) is 10.4 Å². The van der Waals surface area contributed by atoms with Gasteiger partial charge in [0.2, 0.25) is 0 Å². The highest BCUT2D eigenvalue weighted by atomic mass is 16.2. The van der Waals surface area contributed by atoms with E-state index in [1.165, 1.54) is 6.21 Å². The molecule has 94 valence electrons. The molecule has 0 spiro atoms. The number of rotatable bonds is 4. The summed E-state index contributed by atoms with van der Waals surface area (Å²) < 4.78 is 0. The van der Waals surface area contributed by atoms with Crippen LogP contribution >= 0.6 is 0 Å². The minimum absolute atomic E-state index is 0.329. The van der Waals surface area contributed by atoms with Gasteiger partial charge in [0, 0.05) is 12.4 Å². The van der Waals surface area contributed by atoms with Gasteiger partial charge in [-0.1, -0.05) is 42.5 Å². The predicted molar refractivity (Wildman–Crippen MR) is 75.7 cm³/mol. The molecule has 1 heterocycles. The van der Waals surface area contributed by atoms with Crippen LogP contribution in [0, 0.1) is 0 Å². The van der Waals surface area contributed by atoms with E-state index in [4.69, 9.17) is 0 Å². The first-order chi connectivity index (χ1) is 9.36. The lowest BCUT2D eigenvalue weighted by molar-refractivity contribution is 0.0950. The number of pyridine rings is 1. The Kier molecular flexibility index (Phi) is 4.58. The van der Waals surface area contributed by atoms with Crippen LogP contribution in [0.25, 0.3) is 6.08 Å². The quantitative estimate of drug-likeness (QED) is 0.670. The molecule has 0 bridgehead atoms. The Morgan fingerprint density at radius 2 is 1.89 bits per heavy atom. The zero-order valence-electron chi connectivity index (χ0n) is 10.2. The number of allylic oxidation sites excluding steroid dienone is 1. The Bertz CT molecular complexity index is 577. The van der Waals surface area contributed by atoms with Crippen molar-refractivity contribution in [2.75, 3.05) is 0 Å². The smallest absolute Gasteiger partial charge is 0.266 e. The number of aromatic nitrogens is 1. The number of nitrogens with zero attached hydrogens (tertiary/aromatic N) is 2. The van der Waals surface area contributed by atoms with E-state index in [1.54, 1.807) is 30.5 Å². The van der Waals surface area contributed by atoms with Crippen LogP contribution in [0.2, 0.25) is 0 Å². The molecule has 0 atom stereocenters. The number of amides is 1. The molecule has 0 fully saturated rings. The van der Waals surface area contributed by atoms with E-state index < -0.39 is 0 Å². The first-order valence-corrected chi connectivity index (χ1v) is 5.82. The highest BCUT2D eigenvalue weighted by Crippen LogP contribution is 1.99. The van der Waals surface area contributed by atoms with Crippen LogP contribution in [0.3, 0.4) is 0 Å². The maximum atomic E-state index is 11.6. The molecular formula is C15H13N3O. The fourth-order valence-electron chi connectivity index (χ4n) is 1.41. The molecule has 4 heteroatoms. The fraction of sp³-hybridized carbons (Fsp3) is 0. The highest BCUT2D eigenvalue weighted by Gasteiger charge is 2.02. The molecular weight excluding hydrogens is 238 g/mol. The summed E-state index contributed by atoms with van der Waals surface area (Å²) in [4.78, 5) is 15.5. The minimum Gasteiger partial charge on any atom is -0.266 e. The van der Waals surface area contributed by atoms with E-state index in [-0.39, 0.29) is 5.91 Å². The molecule has 2 aromatic rings. The predicted octanol–water partition coefficient (Wildman–Crippen LogP) is 2.51. The van der Waals surface area contributed by atoms with Crippen molar-refractivity contribution in [3.8, 4) is 0 Å². The Morgan fingerprint density at radius 3 is 2.63 bits per heavy atom. The van der Waals surface area contributed by atoms with E-state index in [0.717, 1.165) is 5.56 Å². The first-order valence-electron chi connectivity index (χ1n) is 5.82. The molecule has 0 aliphatic carbocycles. The Labute approximate surface area is 111 Å². The van der Waals surface area contributed by atoms with Gasteiger partial charge in [-0.05, 0) is 23.8 Å². The van der Waals surface area contributed by atoms with Crippen molar-refractivity contribution in [2.24, 2.45) is 5.10 Å². The molecule has 0 aliphatic heterocycles. The van der Waals surface area contributed by atoms with E-state index in [1.807, 2.05) is 36.4 Å². The molecule has 0 saturated carbocycles. The van der Waals surface area contributed by atoms with Crippen LogP contribution in [0.1, 0.15) is 16.1 Å². The number of carbonyl (C=O) groups is 1. The third kappa shape index (κ3) is 4.20. The van der Waals surface area contributed by atoms with Gasteiger partial charge in [0.25, 0.3) is 5.91 Å². The SMILES string of the molecule is O=C(N/N=C/C=C/c1ccccc1)c1ccccn1. The molecule has 0 unspecified atom stereocenters. The van der Waals surface area contributed by atoms with Crippen molar-refractivity contribution in [2.45, 2.75) is 0 Å². The van der Waals surface area contributed by atoms with Gasteiger partial charge in [0.05, 0.1) is 0 Å². The van der Waals surface area contributed by atoms with Crippen molar-refractivity contribution in [3.63, 3.8) is 0 Å². The van der Waals surface area contributed by atoms with Gasteiger partial charge in [-0.3, -0.25) is 9.78 Å². The molecule has 4 nitrogen and oxygen atoms in total. The van der Waals surface area contributed by atoms with Crippen molar-refractivity contribution in [3.05, 3.63) is 72.1 Å². The van der Waals surface area contributed by atoms with Crippen molar-refractivity contribution in [1.29, 1.82) is 0 Å². The van der Waals surface area contributed by atoms with Gasteiger partial charge in [0.15, 0.2) is 0 Å². The number of hydrogen-bond donors (Lipinski definition) is 1. The number of benzene rings is 1. The lowest BCUT2D eigenvalue weighted by Crippen LogP contribution is -2.18. The average molecular weight is 251 g/mol. The normalized spacial score (nSPS) is 10.9. The first kappa shape index (κ1) is 12.7. The second kappa shape index (κ2) is 6.86. The van der Waals surface area contributed by atoms with Gasteiger partial charge in [0.1, 0.15) is 5.69 Å². The summed E-state index contributed by atoms with van der Waals surface area (Å²) in [6.45, 7) is 0. The highest BCUT2D eigenvalue weighted by molar-refractivity contribution is 5.92. The Hall–Kier alpha value is -2.75. The molecule has 1 N–H and O–H groups in total. The average Bonchev–Trinajstić information content (AvgIpc) is 2.49. The topological polar surface area (TPSA) is 54.4 Å². The summed E-state index contributed by atoms with van der Waals surface area (Å²) in [5.41, 5.74) is 3.82. The van der Waals surface area contributed by atoms with E-state index in [2.05, 4.69) is 15.5 Å². The van der Waals surface area contributed by atoms with Crippen LogP contribution in [0.5, 0.6) is 0 Å². The Morgan fingerprint density at radius 1 is 1.11 bits per heavy atom. The summed E-state index contributed by atoms with van der Waals surface area (Å²) in [5.74, 6) is -0.329. The molecule has 1 aromatic carbocycles. The van der Waals surface area contributed by atoms with Crippen LogP contribution < -0.4 is 5.43 Å². The van der Waals surface area contributed by atoms with E-state index in [0.29, 0.717) is 5.69 Å². The van der Waals surface area contributed by atoms with Crippen LogP contribution in [0.4, 0.5) is 0 Å². The van der Waals surface area contributed by atoms with Crippen LogP contribution in [-0.2, 0) is 0 Å².